The number of alkyl halides is 3. The number of hydrogen-bond donors (Lipinski definition) is 3. The predicted octanol–water partition coefficient (Wildman–Crippen LogP) is 1.32. The lowest BCUT2D eigenvalue weighted by Crippen LogP contribution is -2.28. The van der Waals surface area contributed by atoms with Crippen LogP contribution in [-0.4, -0.2) is 27.4 Å². The van der Waals surface area contributed by atoms with Gasteiger partial charge in [-0.1, -0.05) is 0 Å². The van der Waals surface area contributed by atoms with E-state index >= 15 is 0 Å². The zero-order valence-corrected chi connectivity index (χ0v) is 8.65. The molecule has 8 heteroatoms. The minimum atomic E-state index is -4.77. The molecule has 0 saturated heterocycles. The first-order chi connectivity index (χ1) is 8.14. The highest BCUT2D eigenvalue weighted by Gasteiger charge is 2.34. The monoisotopic (exact) mass is 268 g/mol. The van der Waals surface area contributed by atoms with Gasteiger partial charge in [-0.05, 0) is 18.2 Å². The average molecular weight is 268 g/mol. The van der Waals surface area contributed by atoms with Crippen molar-refractivity contribution in [2.45, 2.75) is 18.4 Å². The maximum Gasteiger partial charge on any atom is 0.416 e. The van der Waals surface area contributed by atoms with Crippen LogP contribution in [-0.2, 0) is 11.0 Å². The van der Waals surface area contributed by atoms with Crippen LogP contribution >= 0.6 is 0 Å². The molecule has 0 aliphatic rings. The zero-order chi connectivity index (χ0) is 14.1. The van der Waals surface area contributed by atoms with Crippen LogP contribution in [0.4, 0.5) is 17.6 Å². The lowest BCUT2D eigenvalue weighted by molar-refractivity contribution is -0.153. The molecule has 18 heavy (non-hydrogen) atoms. The molecular weight excluding hydrogens is 260 g/mol. The highest BCUT2D eigenvalue weighted by molar-refractivity contribution is 5.73. The zero-order valence-electron chi connectivity index (χ0n) is 8.65. The van der Waals surface area contributed by atoms with Crippen LogP contribution in [0.25, 0.3) is 0 Å². The summed E-state index contributed by atoms with van der Waals surface area (Å²) in [5.41, 5.74) is -2.18. The fourth-order valence-electron chi connectivity index (χ4n) is 1.25. The van der Waals surface area contributed by atoms with E-state index in [4.69, 9.17) is 10.2 Å². The summed E-state index contributed by atoms with van der Waals surface area (Å²) in [6, 6.07) is 1.14. The maximum absolute atomic E-state index is 13.2. The van der Waals surface area contributed by atoms with E-state index in [0.29, 0.717) is 12.1 Å². The van der Waals surface area contributed by atoms with Crippen LogP contribution in [0.2, 0.25) is 0 Å². The van der Waals surface area contributed by atoms with Crippen molar-refractivity contribution in [3.8, 4) is 0 Å². The smallest absolute Gasteiger partial charge is 0.416 e. The highest BCUT2D eigenvalue weighted by Crippen LogP contribution is 2.32. The fraction of sp³-hybridized carbons (Fsp3) is 0.300. The van der Waals surface area contributed by atoms with E-state index in [-0.39, 0.29) is 6.07 Å². The molecule has 0 spiro atoms. The molecule has 4 nitrogen and oxygen atoms in total. The molecule has 2 atom stereocenters. The summed E-state index contributed by atoms with van der Waals surface area (Å²) in [5, 5.41) is 26.6. The SMILES string of the molecule is O=C(O)C(O)C(O)c1cc(C(F)(F)F)ccc1F. The van der Waals surface area contributed by atoms with E-state index in [1.54, 1.807) is 0 Å². The Morgan fingerprint density at radius 2 is 1.78 bits per heavy atom. The van der Waals surface area contributed by atoms with Crippen LogP contribution in [0.1, 0.15) is 17.2 Å². The first-order valence-electron chi connectivity index (χ1n) is 4.60. The van der Waals surface area contributed by atoms with Crippen LogP contribution in [0.5, 0.6) is 0 Å². The Bertz CT molecular complexity index is 458. The molecule has 0 aliphatic heterocycles. The molecule has 3 N–H and O–H groups in total. The number of hydrogen-bond acceptors (Lipinski definition) is 3. The van der Waals surface area contributed by atoms with Crippen LogP contribution in [0, 0.1) is 5.82 Å². The van der Waals surface area contributed by atoms with Crippen molar-refractivity contribution in [3.63, 3.8) is 0 Å². The molecule has 0 aromatic heterocycles. The molecule has 0 bridgehead atoms. The van der Waals surface area contributed by atoms with Gasteiger partial charge in [-0.15, -0.1) is 0 Å². The van der Waals surface area contributed by atoms with Crippen molar-refractivity contribution in [2.75, 3.05) is 0 Å². The molecule has 100 valence electrons. The highest BCUT2D eigenvalue weighted by atomic mass is 19.4. The standard InChI is InChI=1S/C10H8F4O4/c11-6-2-1-4(10(12,13)14)3-5(6)7(15)8(16)9(17)18/h1-3,7-8,15-16H,(H,17,18). The van der Waals surface area contributed by atoms with Crippen LogP contribution < -0.4 is 0 Å². The van der Waals surface area contributed by atoms with Crippen LogP contribution in [0.15, 0.2) is 18.2 Å². The quantitative estimate of drug-likeness (QED) is 0.722. The Morgan fingerprint density at radius 3 is 2.22 bits per heavy atom. The van der Waals surface area contributed by atoms with E-state index in [9.17, 15) is 27.5 Å². The van der Waals surface area contributed by atoms with Gasteiger partial charge in [-0.3, -0.25) is 0 Å². The van der Waals surface area contributed by atoms with Gasteiger partial charge in [-0.25, -0.2) is 9.18 Å². The summed E-state index contributed by atoms with van der Waals surface area (Å²) < 4.78 is 50.2. The molecule has 1 aromatic carbocycles. The summed E-state index contributed by atoms with van der Waals surface area (Å²) in [6.07, 6.45) is -9.47. The molecule has 0 heterocycles. The van der Waals surface area contributed by atoms with Crippen molar-refractivity contribution in [3.05, 3.63) is 35.1 Å². The van der Waals surface area contributed by atoms with Gasteiger partial charge in [0.05, 0.1) is 5.56 Å². The van der Waals surface area contributed by atoms with Gasteiger partial charge >= 0.3 is 12.1 Å². The molecule has 0 amide bonds. The van der Waals surface area contributed by atoms with Crippen molar-refractivity contribution in [2.24, 2.45) is 0 Å². The van der Waals surface area contributed by atoms with E-state index < -0.39 is 41.3 Å². The number of halogens is 4. The summed E-state index contributed by atoms with van der Waals surface area (Å²) in [7, 11) is 0. The first kappa shape index (κ1) is 14.4. The Balaban J connectivity index is 3.20. The summed E-state index contributed by atoms with van der Waals surface area (Å²) in [6.45, 7) is 0. The second-order valence-corrected chi connectivity index (χ2v) is 3.46. The van der Waals surface area contributed by atoms with Gasteiger partial charge < -0.3 is 15.3 Å². The van der Waals surface area contributed by atoms with Gasteiger partial charge in [0.15, 0.2) is 6.10 Å². The van der Waals surface area contributed by atoms with E-state index in [2.05, 4.69) is 0 Å². The number of aliphatic hydroxyl groups excluding tert-OH is 2. The number of aliphatic hydroxyl groups is 2. The molecule has 0 radical (unpaired) electrons. The fourth-order valence-corrected chi connectivity index (χ4v) is 1.25. The molecule has 1 aromatic rings. The normalized spacial score (nSPS) is 15.2. The van der Waals surface area contributed by atoms with E-state index in [1.165, 1.54) is 0 Å². The lowest BCUT2D eigenvalue weighted by Gasteiger charge is -2.16. The minimum Gasteiger partial charge on any atom is -0.479 e. The molecular formula is C10H8F4O4. The second-order valence-electron chi connectivity index (χ2n) is 3.46. The average Bonchev–Trinajstić information content (AvgIpc) is 2.26. The van der Waals surface area contributed by atoms with Crippen molar-refractivity contribution in [1.82, 2.24) is 0 Å². The van der Waals surface area contributed by atoms with E-state index in [0.717, 1.165) is 0 Å². The molecule has 0 saturated carbocycles. The van der Waals surface area contributed by atoms with Gasteiger partial charge in [-0.2, -0.15) is 13.2 Å². The van der Waals surface area contributed by atoms with Gasteiger partial charge in [0.1, 0.15) is 11.9 Å². The van der Waals surface area contributed by atoms with Gasteiger partial charge in [0.25, 0.3) is 0 Å². The summed E-state index contributed by atoms with van der Waals surface area (Å²) in [5.74, 6) is -3.12. The number of benzene rings is 1. The molecule has 0 fully saturated rings. The Labute approximate surface area is 98.1 Å². The Morgan fingerprint density at radius 1 is 1.22 bits per heavy atom. The minimum absolute atomic E-state index is 0.256. The third-order valence-electron chi connectivity index (χ3n) is 2.19. The number of rotatable bonds is 3. The summed E-state index contributed by atoms with van der Waals surface area (Å²) in [4.78, 5) is 10.4. The Hall–Kier alpha value is -1.67. The van der Waals surface area contributed by atoms with Crippen molar-refractivity contribution < 1.29 is 37.7 Å². The van der Waals surface area contributed by atoms with E-state index in [1.807, 2.05) is 0 Å². The van der Waals surface area contributed by atoms with Crippen molar-refractivity contribution in [1.29, 1.82) is 0 Å². The third-order valence-corrected chi connectivity index (χ3v) is 2.19. The Kier molecular flexibility index (Phi) is 3.92. The van der Waals surface area contributed by atoms with Gasteiger partial charge in [0.2, 0.25) is 0 Å². The number of aliphatic carboxylic acids is 1. The molecule has 1 rings (SSSR count). The number of carboxylic acids is 1. The topological polar surface area (TPSA) is 77.8 Å². The molecule has 2 unspecified atom stereocenters. The van der Waals surface area contributed by atoms with Crippen molar-refractivity contribution >= 4 is 5.97 Å². The van der Waals surface area contributed by atoms with Gasteiger partial charge in [0, 0.05) is 5.56 Å². The number of carboxylic acid groups (broad SMARTS) is 1. The lowest BCUT2D eigenvalue weighted by atomic mass is 10.0. The third kappa shape index (κ3) is 2.96. The number of carbonyl (C=O) groups is 1. The maximum atomic E-state index is 13.2. The van der Waals surface area contributed by atoms with Crippen LogP contribution in [0.3, 0.4) is 0 Å². The predicted molar refractivity (Wildman–Crippen MR) is 50.0 cm³/mol. The first-order valence-corrected chi connectivity index (χ1v) is 4.60. The summed E-state index contributed by atoms with van der Waals surface area (Å²) >= 11 is 0. The largest absolute Gasteiger partial charge is 0.479 e. The second kappa shape index (κ2) is 4.91. The molecule has 0 aliphatic carbocycles.